The van der Waals surface area contributed by atoms with Gasteiger partial charge in [-0.2, -0.15) is 15.0 Å². The summed E-state index contributed by atoms with van der Waals surface area (Å²) >= 11 is 0. The minimum absolute atomic E-state index is 0.0535. The summed E-state index contributed by atoms with van der Waals surface area (Å²) in [6.07, 6.45) is 2.40. The van der Waals surface area contributed by atoms with Crippen LogP contribution in [0.15, 0.2) is 18.2 Å². The maximum atomic E-state index is 14.9. The second-order valence-corrected chi connectivity index (χ2v) is 10.8. The molecule has 12 nitrogen and oxygen atoms in total. The van der Waals surface area contributed by atoms with E-state index >= 15 is 0 Å². The minimum Gasteiger partial charge on any atom is -0.480 e. The van der Waals surface area contributed by atoms with Crippen LogP contribution in [0.25, 0.3) is 11.0 Å². The predicted molar refractivity (Wildman–Crippen MR) is 138 cm³/mol. The number of likely N-dealkylation sites (tertiary alicyclic amines) is 1. The van der Waals surface area contributed by atoms with Crippen LogP contribution in [-0.4, -0.2) is 81.8 Å². The molecule has 0 radical (unpaired) electrons. The molecule has 2 fully saturated rings. The molecular weight excluding hydrogens is 507 g/mol. The van der Waals surface area contributed by atoms with E-state index in [1.807, 2.05) is 0 Å². The first kappa shape index (κ1) is 24.2. The van der Waals surface area contributed by atoms with Crippen LogP contribution in [0.1, 0.15) is 24.0 Å². The van der Waals surface area contributed by atoms with Crippen molar-refractivity contribution in [2.75, 3.05) is 49.5 Å². The molecule has 1 aromatic carbocycles. The molecule has 3 aromatic rings. The second-order valence-electron chi connectivity index (χ2n) is 10.8. The standard InChI is InChI=1S/C26H29FN8O4/c27-18-11-19-23(32-35(31-19)8-5-28)17-10-15(9-16(17)18)12-33-6-3-26(4-7-33)14-34(25(37)39-26)21-2-1-20-24(29-21)30-22(36)13-38-20/h1-2,11,15H,3-10,12-14,28H2,(H,29,30,36). The van der Waals surface area contributed by atoms with Crippen LogP contribution in [0.5, 0.6) is 5.75 Å². The monoisotopic (exact) mass is 536 g/mol. The van der Waals surface area contributed by atoms with Crippen molar-refractivity contribution in [3.8, 4) is 5.75 Å². The third kappa shape index (κ3) is 4.25. The zero-order valence-corrected chi connectivity index (χ0v) is 21.4. The van der Waals surface area contributed by atoms with Gasteiger partial charge in [-0.1, -0.05) is 0 Å². The van der Waals surface area contributed by atoms with Crippen LogP contribution < -0.4 is 20.7 Å². The number of nitrogens with two attached hydrogens (primary N) is 1. The molecule has 0 saturated carbocycles. The molecule has 1 aliphatic carbocycles. The van der Waals surface area contributed by atoms with Crippen molar-refractivity contribution < 1.29 is 23.5 Å². The van der Waals surface area contributed by atoms with Crippen molar-refractivity contribution in [1.82, 2.24) is 24.9 Å². The third-order valence-electron chi connectivity index (χ3n) is 8.19. The summed E-state index contributed by atoms with van der Waals surface area (Å²) in [6, 6.07) is 4.89. The number of carbonyl (C=O) groups excluding carboxylic acids is 2. The van der Waals surface area contributed by atoms with Gasteiger partial charge in [-0.05, 0) is 42.0 Å². The fraction of sp³-hybridized carbons (Fsp3) is 0.500. The highest BCUT2D eigenvalue weighted by Gasteiger charge is 2.48. The Balaban J connectivity index is 0.995. The number of hydrogen-bond acceptors (Lipinski definition) is 9. The molecule has 0 bridgehead atoms. The molecule has 1 spiro atoms. The SMILES string of the molecule is NCCn1nc2cc(F)c3c(c2n1)CC(CN1CCC2(CC1)CN(c1ccc4c(n1)NC(=O)CO4)C(=O)O2)C3. The molecule has 7 rings (SSSR count). The van der Waals surface area contributed by atoms with Crippen LogP contribution in [-0.2, 0) is 28.9 Å². The number of hydrogen-bond donors (Lipinski definition) is 2. The maximum Gasteiger partial charge on any atom is 0.416 e. The Bertz CT molecular complexity index is 1480. The Labute approximate surface area is 223 Å². The van der Waals surface area contributed by atoms with Gasteiger partial charge in [-0.3, -0.25) is 9.69 Å². The van der Waals surface area contributed by atoms with E-state index in [0.29, 0.717) is 61.8 Å². The average Bonchev–Trinajstić information content (AvgIpc) is 3.61. The Morgan fingerprint density at radius 3 is 2.79 bits per heavy atom. The number of fused-ring (bicyclic) bond motifs is 4. The van der Waals surface area contributed by atoms with Crippen LogP contribution in [0, 0.1) is 11.7 Å². The van der Waals surface area contributed by atoms with E-state index in [0.717, 1.165) is 42.7 Å². The molecule has 13 heteroatoms. The normalized spacial score (nSPS) is 22.1. The number of nitrogens with one attached hydrogen (secondary N) is 1. The van der Waals surface area contributed by atoms with Gasteiger partial charge in [-0.15, -0.1) is 0 Å². The molecule has 1 unspecified atom stereocenters. The highest BCUT2D eigenvalue weighted by molar-refractivity contribution is 5.95. The summed E-state index contributed by atoms with van der Waals surface area (Å²) in [4.78, 5) is 34.4. The first-order valence-electron chi connectivity index (χ1n) is 13.3. The third-order valence-corrected chi connectivity index (χ3v) is 8.19. The van der Waals surface area contributed by atoms with Gasteiger partial charge >= 0.3 is 6.09 Å². The first-order chi connectivity index (χ1) is 18.9. The minimum atomic E-state index is -0.580. The smallest absolute Gasteiger partial charge is 0.416 e. The predicted octanol–water partition coefficient (Wildman–Crippen LogP) is 1.46. The molecular formula is C26H29FN8O4. The van der Waals surface area contributed by atoms with E-state index in [4.69, 9.17) is 15.2 Å². The van der Waals surface area contributed by atoms with Crippen molar-refractivity contribution in [1.29, 1.82) is 0 Å². The zero-order valence-electron chi connectivity index (χ0n) is 21.4. The van der Waals surface area contributed by atoms with Crippen molar-refractivity contribution in [3.05, 3.63) is 35.1 Å². The number of anilines is 2. The summed E-state index contributed by atoms with van der Waals surface area (Å²) in [5.41, 5.74) is 8.13. The van der Waals surface area contributed by atoms with Crippen LogP contribution >= 0.6 is 0 Å². The molecule has 4 aliphatic rings. The Hall–Kier alpha value is -3.84. The lowest BCUT2D eigenvalue weighted by Gasteiger charge is -2.38. The highest BCUT2D eigenvalue weighted by atomic mass is 19.1. The van der Waals surface area contributed by atoms with Crippen LogP contribution in [0.4, 0.5) is 20.8 Å². The van der Waals surface area contributed by atoms with Gasteiger partial charge in [0.2, 0.25) is 0 Å². The molecule has 5 heterocycles. The molecule has 2 amide bonds. The number of rotatable bonds is 5. The molecule has 3 aliphatic heterocycles. The van der Waals surface area contributed by atoms with Crippen LogP contribution in [0.2, 0.25) is 0 Å². The van der Waals surface area contributed by atoms with Gasteiger partial charge in [0.15, 0.2) is 18.2 Å². The highest BCUT2D eigenvalue weighted by Crippen LogP contribution is 2.39. The molecule has 2 aromatic heterocycles. The zero-order chi connectivity index (χ0) is 26.7. The maximum absolute atomic E-state index is 14.9. The quantitative estimate of drug-likeness (QED) is 0.496. The number of nitrogens with zero attached hydrogens (tertiary/aromatic N) is 6. The molecule has 2 saturated heterocycles. The van der Waals surface area contributed by atoms with Crippen molar-refractivity contribution in [2.24, 2.45) is 11.7 Å². The van der Waals surface area contributed by atoms with E-state index in [1.54, 1.807) is 16.9 Å². The number of carbonyl (C=O) groups is 2. The van der Waals surface area contributed by atoms with Crippen molar-refractivity contribution >= 4 is 34.7 Å². The summed E-state index contributed by atoms with van der Waals surface area (Å²) in [7, 11) is 0. The summed E-state index contributed by atoms with van der Waals surface area (Å²) in [6.45, 7) is 3.67. The summed E-state index contributed by atoms with van der Waals surface area (Å²) in [5.74, 6) is 0.995. The van der Waals surface area contributed by atoms with E-state index < -0.39 is 11.7 Å². The van der Waals surface area contributed by atoms with Gasteiger partial charge in [0.1, 0.15) is 28.3 Å². The van der Waals surface area contributed by atoms with Crippen molar-refractivity contribution in [3.63, 3.8) is 0 Å². The van der Waals surface area contributed by atoms with Crippen molar-refractivity contribution in [2.45, 2.75) is 37.8 Å². The largest absolute Gasteiger partial charge is 0.480 e. The number of piperidine rings is 1. The summed E-state index contributed by atoms with van der Waals surface area (Å²) < 4.78 is 26.2. The molecule has 39 heavy (non-hydrogen) atoms. The Kier molecular flexibility index (Phi) is 5.67. The van der Waals surface area contributed by atoms with E-state index in [2.05, 4.69) is 25.4 Å². The fourth-order valence-corrected chi connectivity index (χ4v) is 6.27. The molecule has 204 valence electrons. The number of pyridine rings is 1. The number of halogens is 1. The van der Waals surface area contributed by atoms with E-state index in [1.165, 1.54) is 11.0 Å². The second kappa shape index (κ2) is 9.12. The van der Waals surface area contributed by atoms with Crippen LogP contribution in [0.3, 0.4) is 0 Å². The Morgan fingerprint density at radius 2 is 1.97 bits per heavy atom. The number of ether oxygens (including phenoxy) is 2. The van der Waals surface area contributed by atoms with Gasteiger partial charge < -0.3 is 25.4 Å². The lowest BCUT2D eigenvalue weighted by atomic mass is 9.90. The lowest BCUT2D eigenvalue weighted by molar-refractivity contribution is -0.118. The molecule has 3 N–H and O–H groups in total. The van der Waals surface area contributed by atoms with Gasteiger partial charge in [-0.25, -0.2) is 14.2 Å². The number of benzene rings is 1. The topological polar surface area (TPSA) is 141 Å². The number of aromatic nitrogens is 4. The number of amides is 2. The fourth-order valence-electron chi connectivity index (χ4n) is 6.27. The van der Waals surface area contributed by atoms with Gasteiger partial charge in [0, 0.05) is 45.1 Å². The van der Waals surface area contributed by atoms with E-state index in [9.17, 15) is 14.0 Å². The Morgan fingerprint density at radius 1 is 1.15 bits per heavy atom. The average molecular weight is 537 g/mol. The first-order valence-corrected chi connectivity index (χ1v) is 13.3. The van der Waals surface area contributed by atoms with Gasteiger partial charge in [0.05, 0.1) is 13.1 Å². The van der Waals surface area contributed by atoms with E-state index in [-0.39, 0.29) is 24.2 Å². The van der Waals surface area contributed by atoms with Gasteiger partial charge in [0.25, 0.3) is 5.91 Å². The molecule has 1 atom stereocenters. The summed E-state index contributed by atoms with van der Waals surface area (Å²) in [5, 5.41) is 11.6. The lowest BCUT2D eigenvalue weighted by Crippen LogP contribution is -2.48.